The molecule has 7 nitrogen and oxygen atoms in total. The number of likely N-dealkylation sites (N-methyl/N-ethyl adjacent to an activating group) is 1. The summed E-state index contributed by atoms with van der Waals surface area (Å²) >= 11 is 0. The highest BCUT2D eigenvalue weighted by Gasteiger charge is 2.28. The van der Waals surface area contributed by atoms with Crippen molar-refractivity contribution < 1.29 is 16.8 Å². The Bertz CT molecular complexity index is 711. The summed E-state index contributed by atoms with van der Waals surface area (Å²) in [6.45, 7) is 0.788. The van der Waals surface area contributed by atoms with Gasteiger partial charge in [0.15, 0.2) is 0 Å². The smallest absolute Gasteiger partial charge is 0.240 e. The Kier molecular flexibility index (Phi) is 8.10. The fourth-order valence-electron chi connectivity index (χ4n) is 2.55. The first kappa shape index (κ1) is 21.3. The molecule has 2 rings (SSSR count). The van der Waals surface area contributed by atoms with Gasteiger partial charge in [0, 0.05) is 25.7 Å². The lowest BCUT2D eigenvalue weighted by atomic mass is 10.1. The average Bonchev–Trinajstić information content (AvgIpc) is 2.55. The van der Waals surface area contributed by atoms with E-state index in [0.717, 1.165) is 12.8 Å². The van der Waals surface area contributed by atoms with E-state index < -0.39 is 20.0 Å². The van der Waals surface area contributed by atoms with E-state index in [2.05, 4.69) is 10.0 Å². The largest absolute Gasteiger partial charge is 0.316 e. The first-order valence-corrected chi connectivity index (χ1v) is 10.6. The molecule has 1 heterocycles. The number of nitrogens with zero attached hydrogens (tertiary/aromatic N) is 1. The van der Waals surface area contributed by atoms with Crippen molar-refractivity contribution in [3.8, 4) is 0 Å². The second kappa shape index (κ2) is 9.12. The third-order valence-corrected chi connectivity index (χ3v) is 7.21. The van der Waals surface area contributed by atoms with Crippen LogP contribution in [0.3, 0.4) is 0 Å². The van der Waals surface area contributed by atoms with Crippen LogP contribution in [0.2, 0.25) is 0 Å². The van der Waals surface area contributed by atoms with Crippen molar-refractivity contribution in [3.63, 3.8) is 0 Å². The number of benzene rings is 1. The van der Waals surface area contributed by atoms with Crippen LogP contribution in [0.1, 0.15) is 12.8 Å². The molecule has 1 aromatic rings. The van der Waals surface area contributed by atoms with E-state index in [1.807, 2.05) is 7.05 Å². The molecule has 1 saturated heterocycles. The maximum atomic E-state index is 12.3. The summed E-state index contributed by atoms with van der Waals surface area (Å²) in [7, 11) is -5.32. The summed E-state index contributed by atoms with van der Waals surface area (Å²) < 4.78 is 52.6. The number of halogens is 1. The van der Waals surface area contributed by atoms with Gasteiger partial charge >= 0.3 is 0 Å². The second-order valence-electron chi connectivity index (χ2n) is 5.51. The molecule has 0 spiro atoms. The molecule has 1 atom stereocenters. The minimum Gasteiger partial charge on any atom is -0.316 e. The van der Waals surface area contributed by atoms with Crippen molar-refractivity contribution >= 4 is 32.5 Å². The Morgan fingerprint density at radius 3 is 2.46 bits per heavy atom. The molecule has 1 fully saturated rings. The van der Waals surface area contributed by atoms with Crippen LogP contribution in [0.15, 0.2) is 35.2 Å². The molecule has 138 valence electrons. The summed E-state index contributed by atoms with van der Waals surface area (Å²) in [5, 5.41) is 3.09. The molecule has 1 aliphatic heterocycles. The molecule has 0 aliphatic carbocycles. The highest BCUT2D eigenvalue weighted by molar-refractivity contribution is 7.90. The fourth-order valence-corrected chi connectivity index (χ4v) is 5.16. The zero-order chi connectivity index (χ0) is 16.9. The minimum atomic E-state index is -3.67. The second-order valence-corrected chi connectivity index (χ2v) is 9.37. The highest BCUT2D eigenvalue weighted by Crippen LogP contribution is 2.14. The first-order valence-electron chi connectivity index (χ1n) is 7.55. The van der Waals surface area contributed by atoms with E-state index in [1.54, 1.807) is 18.2 Å². The first-order chi connectivity index (χ1) is 10.8. The number of rotatable bonds is 7. The third kappa shape index (κ3) is 5.68. The zero-order valence-corrected chi connectivity index (χ0v) is 16.0. The molecule has 0 amide bonds. The van der Waals surface area contributed by atoms with Crippen LogP contribution in [0.5, 0.6) is 0 Å². The lowest BCUT2D eigenvalue weighted by Gasteiger charge is -2.31. The summed E-state index contributed by atoms with van der Waals surface area (Å²) in [5.41, 5.74) is 0. The van der Waals surface area contributed by atoms with Gasteiger partial charge in [-0.15, -0.1) is 12.4 Å². The lowest BCUT2D eigenvalue weighted by Crippen LogP contribution is -2.48. The van der Waals surface area contributed by atoms with E-state index in [9.17, 15) is 16.8 Å². The molecule has 24 heavy (non-hydrogen) atoms. The van der Waals surface area contributed by atoms with Gasteiger partial charge in [-0.1, -0.05) is 18.2 Å². The maximum absolute atomic E-state index is 12.3. The predicted molar refractivity (Wildman–Crippen MR) is 96.3 cm³/mol. The molecule has 0 bridgehead atoms. The van der Waals surface area contributed by atoms with Crippen molar-refractivity contribution in [2.75, 3.05) is 32.4 Å². The summed E-state index contributed by atoms with van der Waals surface area (Å²) in [6, 6.07) is 8.06. The molecular weight excluding hydrogens is 374 g/mol. The molecule has 10 heteroatoms. The van der Waals surface area contributed by atoms with Crippen LogP contribution in [0.25, 0.3) is 0 Å². The maximum Gasteiger partial charge on any atom is 0.240 e. The number of nitrogens with one attached hydrogen (secondary N) is 2. The van der Waals surface area contributed by atoms with E-state index in [0.29, 0.717) is 13.1 Å². The molecule has 0 radical (unpaired) electrons. The molecule has 1 aromatic carbocycles. The molecular formula is C14H24ClN3O4S2. The standard InChI is InChI=1S/C14H23N3O4S2.ClH/c1-15-13-6-5-10-17(12-13)22(18,19)11-9-16-23(20,21)14-7-3-2-4-8-14;/h2-4,7-8,13,15-16H,5-6,9-12H2,1H3;1H. The van der Waals surface area contributed by atoms with Gasteiger partial charge < -0.3 is 5.32 Å². The van der Waals surface area contributed by atoms with Crippen LogP contribution >= 0.6 is 12.4 Å². The topological polar surface area (TPSA) is 95.6 Å². The zero-order valence-electron chi connectivity index (χ0n) is 13.5. The van der Waals surface area contributed by atoms with Crippen molar-refractivity contribution in [1.29, 1.82) is 0 Å². The molecule has 2 N–H and O–H groups in total. The van der Waals surface area contributed by atoms with Gasteiger partial charge in [0.05, 0.1) is 10.6 Å². The van der Waals surface area contributed by atoms with Gasteiger partial charge in [-0.25, -0.2) is 25.9 Å². The normalized spacial score (nSPS) is 19.6. The SMILES string of the molecule is CNC1CCCN(S(=O)(=O)CCNS(=O)(=O)c2ccccc2)C1.Cl. The van der Waals surface area contributed by atoms with Gasteiger partial charge in [-0.2, -0.15) is 0 Å². The van der Waals surface area contributed by atoms with Gasteiger partial charge in [-0.05, 0) is 32.0 Å². The number of hydrogen-bond acceptors (Lipinski definition) is 5. The Hall–Kier alpha value is -0.710. The highest BCUT2D eigenvalue weighted by atomic mass is 35.5. The van der Waals surface area contributed by atoms with Crippen molar-refractivity contribution in [1.82, 2.24) is 14.3 Å². The Balaban J connectivity index is 0.00000288. The van der Waals surface area contributed by atoms with Crippen LogP contribution in [-0.4, -0.2) is 59.6 Å². The van der Waals surface area contributed by atoms with E-state index >= 15 is 0 Å². The van der Waals surface area contributed by atoms with E-state index in [4.69, 9.17) is 0 Å². The lowest BCUT2D eigenvalue weighted by molar-refractivity contribution is 0.293. The van der Waals surface area contributed by atoms with Gasteiger partial charge in [-0.3, -0.25) is 0 Å². The number of hydrogen-bond donors (Lipinski definition) is 2. The van der Waals surface area contributed by atoms with Crippen molar-refractivity contribution in [2.24, 2.45) is 0 Å². The Morgan fingerprint density at radius 1 is 1.17 bits per heavy atom. The summed E-state index contributed by atoms with van der Waals surface area (Å²) in [4.78, 5) is 0.130. The predicted octanol–water partition coefficient (Wildman–Crippen LogP) is 0.400. The van der Waals surface area contributed by atoms with E-state index in [-0.39, 0.29) is 35.6 Å². The third-order valence-electron chi connectivity index (χ3n) is 3.89. The Morgan fingerprint density at radius 2 is 1.83 bits per heavy atom. The van der Waals surface area contributed by atoms with E-state index in [1.165, 1.54) is 16.4 Å². The van der Waals surface area contributed by atoms with Crippen LogP contribution in [0.4, 0.5) is 0 Å². The van der Waals surface area contributed by atoms with Crippen molar-refractivity contribution in [2.45, 2.75) is 23.8 Å². The minimum absolute atomic E-state index is 0. The van der Waals surface area contributed by atoms with Gasteiger partial charge in [0.1, 0.15) is 0 Å². The van der Waals surface area contributed by atoms with Crippen LogP contribution in [0, 0.1) is 0 Å². The van der Waals surface area contributed by atoms with Crippen LogP contribution in [-0.2, 0) is 20.0 Å². The van der Waals surface area contributed by atoms with Gasteiger partial charge in [0.2, 0.25) is 20.0 Å². The summed E-state index contributed by atoms with van der Waals surface area (Å²) in [6.07, 6.45) is 1.75. The molecule has 1 unspecified atom stereocenters. The average molecular weight is 398 g/mol. The quantitative estimate of drug-likeness (QED) is 0.694. The van der Waals surface area contributed by atoms with Crippen molar-refractivity contribution in [3.05, 3.63) is 30.3 Å². The van der Waals surface area contributed by atoms with Crippen LogP contribution < -0.4 is 10.0 Å². The monoisotopic (exact) mass is 397 g/mol. The molecule has 0 aromatic heterocycles. The molecule has 0 saturated carbocycles. The van der Waals surface area contributed by atoms with Gasteiger partial charge in [0.25, 0.3) is 0 Å². The molecule has 1 aliphatic rings. The number of piperidine rings is 1. The summed E-state index contributed by atoms with van der Waals surface area (Å²) in [5.74, 6) is -0.241. The number of sulfonamides is 2. The fraction of sp³-hybridized carbons (Fsp3) is 0.571. The Labute approximate surface area is 150 Å².